The molecule has 17 heavy (non-hydrogen) atoms. The quantitative estimate of drug-likeness (QED) is 0.851. The molecule has 0 atom stereocenters. The van der Waals surface area contributed by atoms with Crippen LogP contribution < -0.4 is 10.5 Å². The monoisotopic (exact) mass is 232 g/mol. The predicted molar refractivity (Wildman–Crippen MR) is 62.2 cm³/mol. The lowest BCUT2D eigenvalue weighted by Gasteiger charge is -2.32. The molecule has 1 aliphatic carbocycles. The van der Waals surface area contributed by atoms with Crippen LogP contribution in [0, 0.1) is 11.3 Å². The predicted octanol–water partition coefficient (Wildman–Crippen LogP) is 1.39. The molecule has 0 saturated heterocycles. The summed E-state index contributed by atoms with van der Waals surface area (Å²) in [7, 11) is 0. The van der Waals surface area contributed by atoms with Crippen LogP contribution in [0.4, 0.5) is 0 Å². The summed E-state index contributed by atoms with van der Waals surface area (Å²) in [4.78, 5) is 0. The SMILES string of the molecule is N#Cc1ccnnc1OCC1(N)CCCCC1. The van der Waals surface area contributed by atoms with Crippen LogP contribution in [0.1, 0.15) is 37.7 Å². The first kappa shape index (κ1) is 11.8. The molecule has 5 nitrogen and oxygen atoms in total. The molecule has 1 aromatic heterocycles. The zero-order valence-electron chi connectivity index (χ0n) is 9.72. The molecule has 1 aliphatic rings. The van der Waals surface area contributed by atoms with Gasteiger partial charge in [0.05, 0.1) is 11.7 Å². The van der Waals surface area contributed by atoms with Crippen molar-refractivity contribution < 1.29 is 4.74 Å². The number of nitrogens with zero attached hydrogens (tertiary/aromatic N) is 3. The summed E-state index contributed by atoms with van der Waals surface area (Å²) in [5, 5.41) is 16.4. The second-order valence-electron chi connectivity index (χ2n) is 4.57. The van der Waals surface area contributed by atoms with E-state index in [1.165, 1.54) is 12.6 Å². The van der Waals surface area contributed by atoms with E-state index in [0.717, 1.165) is 25.7 Å². The van der Waals surface area contributed by atoms with Crippen molar-refractivity contribution in [3.05, 3.63) is 17.8 Å². The lowest BCUT2D eigenvalue weighted by atomic mass is 9.83. The molecule has 0 amide bonds. The van der Waals surface area contributed by atoms with Crippen LogP contribution in [-0.4, -0.2) is 22.3 Å². The Kier molecular flexibility index (Phi) is 3.55. The molecule has 2 N–H and O–H groups in total. The normalized spacial score (nSPS) is 18.4. The van der Waals surface area contributed by atoms with E-state index < -0.39 is 0 Å². The fourth-order valence-corrected chi connectivity index (χ4v) is 2.12. The molecule has 1 saturated carbocycles. The van der Waals surface area contributed by atoms with Crippen LogP contribution in [0.3, 0.4) is 0 Å². The first-order chi connectivity index (χ1) is 8.23. The fourth-order valence-electron chi connectivity index (χ4n) is 2.12. The second kappa shape index (κ2) is 5.11. The van der Waals surface area contributed by atoms with Gasteiger partial charge in [-0.25, -0.2) is 0 Å². The van der Waals surface area contributed by atoms with Crippen molar-refractivity contribution in [1.82, 2.24) is 10.2 Å². The Morgan fingerprint density at radius 3 is 2.88 bits per heavy atom. The molecule has 1 fully saturated rings. The van der Waals surface area contributed by atoms with E-state index in [-0.39, 0.29) is 11.4 Å². The van der Waals surface area contributed by atoms with Crippen LogP contribution >= 0.6 is 0 Å². The molecule has 2 rings (SSSR count). The summed E-state index contributed by atoms with van der Waals surface area (Å²) in [5.74, 6) is 0.283. The summed E-state index contributed by atoms with van der Waals surface area (Å²) >= 11 is 0. The summed E-state index contributed by atoms with van der Waals surface area (Å²) in [6.45, 7) is 0.403. The number of hydrogen-bond donors (Lipinski definition) is 1. The third-order valence-corrected chi connectivity index (χ3v) is 3.15. The number of nitrogens with two attached hydrogens (primary N) is 1. The van der Waals surface area contributed by atoms with Crippen molar-refractivity contribution in [1.29, 1.82) is 5.26 Å². The standard InChI is InChI=1S/C12H16N4O/c13-8-10-4-7-15-16-11(10)17-9-12(14)5-2-1-3-6-12/h4,7H,1-3,5-6,9,14H2. The third-order valence-electron chi connectivity index (χ3n) is 3.15. The molecule has 1 aromatic rings. The first-order valence-corrected chi connectivity index (χ1v) is 5.87. The maximum absolute atomic E-state index is 8.89. The van der Waals surface area contributed by atoms with Crippen LogP contribution in [-0.2, 0) is 0 Å². The third kappa shape index (κ3) is 2.92. The van der Waals surface area contributed by atoms with E-state index in [2.05, 4.69) is 10.2 Å². The maximum atomic E-state index is 8.89. The minimum absolute atomic E-state index is 0.275. The number of nitriles is 1. The van der Waals surface area contributed by atoms with Gasteiger partial charge in [0.1, 0.15) is 18.2 Å². The number of rotatable bonds is 3. The summed E-state index contributed by atoms with van der Waals surface area (Å²) in [6, 6.07) is 3.62. The largest absolute Gasteiger partial charge is 0.474 e. The lowest BCUT2D eigenvalue weighted by molar-refractivity contribution is 0.167. The Hall–Kier alpha value is -1.67. The number of ether oxygens (including phenoxy) is 1. The van der Waals surface area contributed by atoms with Gasteiger partial charge < -0.3 is 10.5 Å². The molecule has 90 valence electrons. The van der Waals surface area contributed by atoms with E-state index in [9.17, 15) is 0 Å². The Morgan fingerprint density at radius 1 is 1.41 bits per heavy atom. The molecule has 0 radical (unpaired) electrons. The lowest BCUT2D eigenvalue weighted by Crippen LogP contribution is -2.47. The Labute approximate surface area is 101 Å². The highest BCUT2D eigenvalue weighted by Gasteiger charge is 2.28. The summed E-state index contributed by atoms with van der Waals surface area (Å²) < 4.78 is 5.55. The van der Waals surface area contributed by atoms with Gasteiger partial charge in [0.25, 0.3) is 5.88 Å². The smallest absolute Gasteiger partial charge is 0.251 e. The molecule has 0 unspecified atom stereocenters. The minimum atomic E-state index is -0.275. The van der Waals surface area contributed by atoms with Crippen molar-refractivity contribution in [2.75, 3.05) is 6.61 Å². The average Bonchev–Trinajstić information content (AvgIpc) is 2.38. The molecule has 0 bridgehead atoms. The van der Waals surface area contributed by atoms with Gasteiger partial charge in [-0.15, -0.1) is 5.10 Å². The Balaban J connectivity index is 2.00. The minimum Gasteiger partial charge on any atom is -0.474 e. The van der Waals surface area contributed by atoms with Crippen LogP contribution in [0.5, 0.6) is 5.88 Å². The summed E-state index contributed by atoms with van der Waals surface area (Å²) in [5.41, 5.74) is 6.37. The highest BCUT2D eigenvalue weighted by Crippen LogP contribution is 2.26. The van der Waals surface area contributed by atoms with Gasteiger partial charge in [-0.2, -0.15) is 10.4 Å². The van der Waals surface area contributed by atoms with Gasteiger partial charge in [0, 0.05) is 0 Å². The van der Waals surface area contributed by atoms with Crippen molar-refractivity contribution in [2.24, 2.45) is 5.73 Å². The van der Waals surface area contributed by atoms with E-state index in [4.69, 9.17) is 15.7 Å². The molecular weight excluding hydrogens is 216 g/mol. The topological polar surface area (TPSA) is 84.8 Å². The van der Waals surface area contributed by atoms with Gasteiger partial charge in [0.2, 0.25) is 0 Å². The van der Waals surface area contributed by atoms with Crippen molar-refractivity contribution >= 4 is 0 Å². The fraction of sp³-hybridized carbons (Fsp3) is 0.583. The van der Waals surface area contributed by atoms with Crippen molar-refractivity contribution in [3.8, 4) is 11.9 Å². The van der Waals surface area contributed by atoms with Gasteiger partial charge >= 0.3 is 0 Å². The van der Waals surface area contributed by atoms with Gasteiger partial charge in [0.15, 0.2) is 0 Å². The van der Waals surface area contributed by atoms with Gasteiger partial charge in [-0.3, -0.25) is 0 Å². The van der Waals surface area contributed by atoms with E-state index in [0.29, 0.717) is 12.2 Å². The highest BCUT2D eigenvalue weighted by atomic mass is 16.5. The Bertz CT molecular complexity index is 421. The summed E-state index contributed by atoms with van der Waals surface area (Å²) in [6.07, 6.45) is 6.94. The molecular formula is C12H16N4O. The van der Waals surface area contributed by atoms with Crippen LogP contribution in [0.2, 0.25) is 0 Å². The van der Waals surface area contributed by atoms with E-state index >= 15 is 0 Å². The Morgan fingerprint density at radius 2 is 2.18 bits per heavy atom. The second-order valence-corrected chi connectivity index (χ2v) is 4.57. The van der Waals surface area contributed by atoms with Gasteiger partial charge in [-0.05, 0) is 18.9 Å². The molecule has 0 aromatic carbocycles. The van der Waals surface area contributed by atoms with Crippen molar-refractivity contribution in [3.63, 3.8) is 0 Å². The zero-order valence-corrected chi connectivity index (χ0v) is 9.72. The van der Waals surface area contributed by atoms with Crippen LogP contribution in [0.15, 0.2) is 12.3 Å². The average molecular weight is 232 g/mol. The van der Waals surface area contributed by atoms with Crippen LogP contribution in [0.25, 0.3) is 0 Å². The van der Waals surface area contributed by atoms with E-state index in [1.807, 2.05) is 6.07 Å². The van der Waals surface area contributed by atoms with E-state index in [1.54, 1.807) is 6.07 Å². The number of aromatic nitrogens is 2. The molecule has 0 aliphatic heterocycles. The van der Waals surface area contributed by atoms with Gasteiger partial charge in [-0.1, -0.05) is 19.3 Å². The molecule has 0 spiro atoms. The highest BCUT2D eigenvalue weighted by molar-refractivity contribution is 5.35. The van der Waals surface area contributed by atoms with Crippen molar-refractivity contribution in [2.45, 2.75) is 37.6 Å². The maximum Gasteiger partial charge on any atom is 0.251 e. The molecule has 5 heteroatoms. The number of hydrogen-bond acceptors (Lipinski definition) is 5. The first-order valence-electron chi connectivity index (χ1n) is 5.87. The zero-order chi connectivity index (χ0) is 12.1. The molecule has 1 heterocycles.